The normalized spacial score (nSPS) is 14.3. The van der Waals surface area contributed by atoms with E-state index in [0.717, 1.165) is 34.7 Å². The summed E-state index contributed by atoms with van der Waals surface area (Å²) in [5, 5.41) is 0. The second-order valence-electron chi connectivity index (χ2n) is 4.46. The number of pyridine rings is 1. The highest BCUT2D eigenvalue weighted by Crippen LogP contribution is 2.36. The van der Waals surface area contributed by atoms with Crippen molar-refractivity contribution in [1.29, 1.82) is 0 Å². The monoisotopic (exact) mass is 335 g/mol. The van der Waals surface area contributed by atoms with Crippen LogP contribution < -0.4 is 10.6 Å². The average molecular weight is 336 g/mol. The lowest BCUT2D eigenvalue weighted by Crippen LogP contribution is -2.29. The number of rotatable bonds is 2. The summed E-state index contributed by atoms with van der Waals surface area (Å²) in [4.78, 5) is 8.09. The summed E-state index contributed by atoms with van der Waals surface area (Å²) < 4.78 is 1.01. The molecule has 0 amide bonds. The van der Waals surface area contributed by atoms with Gasteiger partial charge in [0.05, 0.1) is 17.9 Å². The number of anilines is 2. The van der Waals surface area contributed by atoms with Crippen molar-refractivity contribution in [3.05, 3.63) is 46.7 Å². The summed E-state index contributed by atoms with van der Waals surface area (Å²) in [6.07, 6.45) is 1.84. The van der Waals surface area contributed by atoms with Crippen LogP contribution in [0.25, 0.3) is 0 Å². The fourth-order valence-electron chi connectivity index (χ4n) is 2.15. The number of hydrogen-bond acceptors (Lipinski definition) is 4. The van der Waals surface area contributed by atoms with E-state index in [9.17, 15) is 0 Å². The van der Waals surface area contributed by atoms with E-state index in [1.54, 1.807) is 0 Å². The number of benzene rings is 1. The molecular weight excluding hydrogens is 322 g/mol. The van der Waals surface area contributed by atoms with Crippen LogP contribution in [0, 0.1) is 0 Å². The fraction of sp³-hybridized carbons (Fsp3) is 0.214. The topological polar surface area (TPSA) is 42.1 Å². The van der Waals surface area contributed by atoms with Crippen LogP contribution in [-0.2, 0) is 6.54 Å². The molecule has 0 spiro atoms. The number of fused-ring (bicyclic) bond motifs is 1. The molecule has 2 heterocycles. The average Bonchev–Trinajstić information content (AvgIpc) is 2.42. The second kappa shape index (κ2) is 5.43. The maximum Gasteiger partial charge on any atom is 0.0602 e. The van der Waals surface area contributed by atoms with Crippen LogP contribution in [-0.4, -0.2) is 17.3 Å². The minimum Gasteiger partial charge on any atom is -0.399 e. The SMILES string of the molecule is Nc1ccc2c(c1)N(Cc1ccc(Br)cn1)CCS2. The van der Waals surface area contributed by atoms with Gasteiger partial charge in [-0.3, -0.25) is 4.98 Å². The molecule has 1 aromatic carbocycles. The number of halogens is 1. The molecule has 1 aromatic heterocycles. The summed E-state index contributed by atoms with van der Waals surface area (Å²) in [7, 11) is 0. The van der Waals surface area contributed by atoms with Crippen LogP contribution in [0.2, 0.25) is 0 Å². The second-order valence-corrected chi connectivity index (χ2v) is 6.52. The molecule has 0 bridgehead atoms. The van der Waals surface area contributed by atoms with E-state index in [0.29, 0.717) is 0 Å². The van der Waals surface area contributed by atoms with Gasteiger partial charge in [-0.25, -0.2) is 0 Å². The van der Waals surface area contributed by atoms with Crippen LogP contribution in [0.3, 0.4) is 0 Å². The van der Waals surface area contributed by atoms with Crippen molar-refractivity contribution in [3.8, 4) is 0 Å². The van der Waals surface area contributed by atoms with Gasteiger partial charge in [-0.05, 0) is 46.3 Å². The molecule has 0 aliphatic carbocycles. The Kier molecular flexibility index (Phi) is 3.66. The smallest absolute Gasteiger partial charge is 0.0602 e. The molecule has 0 saturated heterocycles. The lowest BCUT2D eigenvalue weighted by molar-refractivity contribution is 0.797. The van der Waals surface area contributed by atoms with Crippen molar-refractivity contribution < 1.29 is 0 Å². The summed E-state index contributed by atoms with van der Waals surface area (Å²) in [6.45, 7) is 1.85. The maximum atomic E-state index is 5.90. The van der Waals surface area contributed by atoms with Gasteiger partial charge in [0.2, 0.25) is 0 Å². The highest BCUT2D eigenvalue weighted by molar-refractivity contribution is 9.10. The van der Waals surface area contributed by atoms with E-state index >= 15 is 0 Å². The molecule has 0 atom stereocenters. The summed E-state index contributed by atoms with van der Waals surface area (Å²) >= 11 is 5.30. The molecule has 0 fully saturated rings. The Morgan fingerprint density at radius 3 is 3.00 bits per heavy atom. The molecule has 2 N–H and O–H groups in total. The number of aromatic nitrogens is 1. The number of nitrogens with zero attached hydrogens (tertiary/aromatic N) is 2. The summed E-state index contributed by atoms with van der Waals surface area (Å²) in [5.41, 5.74) is 9.01. The predicted molar refractivity (Wildman–Crippen MR) is 84.6 cm³/mol. The van der Waals surface area contributed by atoms with Crippen molar-refractivity contribution in [2.45, 2.75) is 11.4 Å². The van der Waals surface area contributed by atoms with Crippen molar-refractivity contribution in [3.63, 3.8) is 0 Å². The Morgan fingerprint density at radius 1 is 1.32 bits per heavy atom. The Labute approximate surface area is 125 Å². The largest absolute Gasteiger partial charge is 0.399 e. The van der Waals surface area contributed by atoms with E-state index in [1.807, 2.05) is 30.1 Å². The first-order chi connectivity index (χ1) is 9.22. The van der Waals surface area contributed by atoms with Crippen LogP contribution >= 0.6 is 27.7 Å². The molecular formula is C14H14BrN3S. The zero-order chi connectivity index (χ0) is 13.2. The summed E-state index contributed by atoms with van der Waals surface area (Å²) in [6, 6.07) is 10.2. The number of nitrogens with two attached hydrogens (primary N) is 1. The highest BCUT2D eigenvalue weighted by atomic mass is 79.9. The molecule has 19 heavy (non-hydrogen) atoms. The molecule has 1 aliphatic rings. The van der Waals surface area contributed by atoms with Gasteiger partial charge < -0.3 is 10.6 Å². The Bertz CT molecular complexity index is 586. The fourth-order valence-corrected chi connectivity index (χ4v) is 3.42. The van der Waals surface area contributed by atoms with Crippen LogP contribution in [0.15, 0.2) is 45.9 Å². The van der Waals surface area contributed by atoms with E-state index in [4.69, 9.17) is 5.73 Å². The minimum absolute atomic E-state index is 0.815. The first-order valence-electron chi connectivity index (χ1n) is 6.10. The Morgan fingerprint density at radius 2 is 2.21 bits per heavy atom. The minimum atomic E-state index is 0.815. The van der Waals surface area contributed by atoms with Crippen molar-refractivity contribution >= 4 is 39.1 Å². The third-order valence-corrected chi connectivity index (χ3v) is 4.60. The Hall–Kier alpha value is -1.20. The van der Waals surface area contributed by atoms with Crippen molar-refractivity contribution in [2.75, 3.05) is 22.9 Å². The molecule has 3 rings (SSSR count). The zero-order valence-corrected chi connectivity index (χ0v) is 12.7. The number of hydrogen-bond donors (Lipinski definition) is 1. The third-order valence-electron chi connectivity index (χ3n) is 3.08. The van der Waals surface area contributed by atoms with Gasteiger partial charge in [0.15, 0.2) is 0 Å². The van der Waals surface area contributed by atoms with Crippen LogP contribution in [0.5, 0.6) is 0 Å². The zero-order valence-electron chi connectivity index (χ0n) is 10.3. The van der Waals surface area contributed by atoms with E-state index in [2.05, 4.69) is 44.0 Å². The molecule has 2 aromatic rings. The van der Waals surface area contributed by atoms with Crippen LogP contribution in [0.1, 0.15) is 5.69 Å². The molecule has 1 aliphatic heterocycles. The molecule has 3 nitrogen and oxygen atoms in total. The highest BCUT2D eigenvalue weighted by Gasteiger charge is 2.18. The number of nitrogen functional groups attached to an aromatic ring is 1. The Balaban J connectivity index is 1.87. The third kappa shape index (κ3) is 2.87. The van der Waals surface area contributed by atoms with Crippen molar-refractivity contribution in [2.24, 2.45) is 0 Å². The molecule has 98 valence electrons. The van der Waals surface area contributed by atoms with Crippen molar-refractivity contribution in [1.82, 2.24) is 4.98 Å². The predicted octanol–water partition coefficient (Wildman–Crippen LogP) is 3.54. The molecule has 0 unspecified atom stereocenters. The van der Waals surface area contributed by atoms with Gasteiger partial charge in [-0.15, -0.1) is 11.8 Å². The first kappa shape index (κ1) is 12.8. The van der Waals surface area contributed by atoms with Gasteiger partial charge in [0, 0.05) is 33.6 Å². The molecule has 5 heteroatoms. The van der Waals surface area contributed by atoms with Crippen LogP contribution in [0.4, 0.5) is 11.4 Å². The maximum absolute atomic E-state index is 5.90. The van der Waals surface area contributed by atoms with Gasteiger partial charge in [-0.2, -0.15) is 0 Å². The lowest BCUT2D eigenvalue weighted by atomic mass is 10.2. The quantitative estimate of drug-likeness (QED) is 0.852. The standard InChI is InChI=1S/C14H14BrN3S/c15-10-1-3-12(17-8-10)9-18-5-6-19-14-4-2-11(16)7-13(14)18/h1-4,7-8H,5-6,9,16H2. The van der Waals surface area contributed by atoms with Gasteiger partial charge in [0.1, 0.15) is 0 Å². The molecule has 0 saturated carbocycles. The summed E-state index contributed by atoms with van der Waals surface area (Å²) in [5.74, 6) is 1.10. The van der Waals surface area contributed by atoms with E-state index in [1.165, 1.54) is 10.6 Å². The van der Waals surface area contributed by atoms with Gasteiger partial charge in [-0.1, -0.05) is 0 Å². The molecule has 0 radical (unpaired) electrons. The number of thioether (sulfide) groups is 1. The first-order valence-corrected chi connectivity index (χ1v) is 7.88. The van der Waals surface area contributed by atoms with E-state index < -0.39 is 0 Å². The van der Waals surface area contributed by atoms with Gasteiger partial charge >= 0.3 is 0 Å². The van der Waals surface area contributed by atoms with Gasteiger partial charge in [0.25, 0.3) is 0 Å². The lowest BCUT2D eigenvalue weighted by Gasteiger charge is -2.30. The van der Waals surface area contributed by atoms with E-state index in [-0.39, 0.29) is 0 Å².